The van der Waals surface area contributed by atoms with E-state index in [4.69, 9.17) is 9.97 Å². The number of fused-ring (bicyclic) bond motifs is 8. The number of carbonyl (C=O) groups is 2. The van der Waals surface area contributed by atoms with Crippen molar-refractivity contribution in [3.63, 3.8) is 0 Å². The summed E-state index contributed by atoms with van der Waals surface area (Å²) in [6.07, 6.45) is 0.263. The molecule has 3 aromatic rings. The first kappa shape index (κ1) is 28.1. The van der Waals surface area contributed by atoms with Crippen LogP contribution in [0.2, 0.25) is 0 Å². The summed E-state index contributed by atoms with van der Waals surface area (Å²) >= 11 is 0. The maximum absolute atomic E-state index is 11.3. The van der Waals surface area contributed by atoms with Crippen LogP contribution in [-0.4, -0.2) is 31.9 Å². The summed E-state index contributed by atoms with van der Waals surface area (Å²) in [5, 5.41) is 22.6. The van der Waals surface area contributed by atoms with Gasteiger partial charge in [0.2, 0.25) is 0 Å². The van der Waals surface area contributed by atoms with Gasteiger partial charge in [0.1, 0.15) is 0 Å². The van der Waals surface area contributed by atoms with Gasteiger partial charge < -0.3 is 29.8 Å². The summed E-state index contributed by atoms with van der Waals surface area (Å²) in [6.45, 7) is 7.93. The normalized spacial score (nSPS) is 13.0. The van der Waals surface area contributed by atoms with Gasteiger partial charge in [-0.15, -0.1) is 0 Å². The number of carbonyl (C=O) groups excluding carboxylic acids is 2. The fourth-order valence-electron chi connectivity index (χ4n) is 5.09. The van der Waals surface area contributed by atoms with Gasteiger partial charge >= 0.3 is 17.1 Å². The van der Waals surface area contributed by atoms with Gasteiger partial charge in [-0.05, 0) is 123 Å². The largest absolute Gasteiger partial charge is 2.00 e. The molecule has 0 atom stereocenters. The van der Waals surface area contributed by atoms with Crippen molar-refractivity contribution >= 4 is 56.3 Å². The molecule has 2 N–H and O–H groups in total. The van der Waals surface area contributed by atoms with Crippen LogP contribution in [0.25, 0.3) is 44.4 Å². The van der Waals surface area contributed by atoms with E-state index in [9.17, 15) is 19.8 Å². The van der Waals surface area contributed by atoms with Crippen molar-refractivity contribution in [3.8, 4) is 0 Å². The van der Waals surface area contributed by atoms with Gasteiger partial charge in [0.15, 0.2) is 0 Å². The monoisotopic (exact) mass is 571 g/mol. The first-order valence-corrected chi connectivity index (χ1v) is 12.6. The molecule has 203 valence electrons. The zero-order chi connectivity index (χ0) is 27.1. The number of aromatic amines is 2. The minimum Gasteiger partial charge on any atom is -0.550 e. The zero-order valence-corrected chi connectivity index (χ0v) is 23.1. The second-order valence-electron chi connectivity index (χ2n) is 9.94. The van der Waals surface area contributed by atoms with Crippen LogP contribution in [-0.2, 0) is 26.7 Å². The van der Waals surface area contributed by atoms with Gasteiger partial charge in [-0.1, -0.05) is 0 Å². The summed E-state index contributed by atoms with van der Waals surface area (Å²) in [7, 11) is 0. The quantitative estimate of drug-likeness (QED) is 0.431. The molecule has 5 rings (SSSR count). The van der Waals surface area contributed by atoms with E-state index in [2.05, 4.69) is 28.2 Å². The molecule has 0 aliphatic carbocycles. The van der Waals surface area contributed by atoms with Crippen LogP contribution >= 0.6 is 0 Å². The molecule has 0 saturated heterocycles. The number of H-pyrrole nitrogens is 2. The van der Waals surface area contributed by atoms with E-state index in [-0.39, 0.29) is 42.8 Å². The van der Waals surface area contributed by atoms with Gasteiger partial charge in [0, 0.05) is 34.0 Å². The average Bonchev–Trinajstić information content (AvgIpc) is 3.53. The number of aliphatic carboxylic acids is 2. The first-order chi connectivity index (χ1) is 18.1. The number of nitrogens with one attached hydrogen (secondary N) is 2. The Balaban J connectivity index is 0.00000353. The van der Waals surface area contributed by atoms with E-state index in [1.54, 1.807) is 0 Å². The molecular formula is C30H28CuN4O4. The molecule has 2 aliphatic rings. The Morgan fingerprint density at radius 2 is 1.08 bits per heavy atom. The van der Waals surface area contributed by atoms with E-state index in [0.717, 1.165) is 66.9 Å². The van der Waals surface area contributed by atoms with Crippen LogP contribution in [0.3, 0.4) is 0 Å². The maximum atomic E-state index is 11.3. The fraction of sp³-hybridized carbons (Fsp3) is 0.267. The van der Waals surface area contributed by atoms with Crippen molar-refractivity contribution in [2.24, 2.45) is 0 Å². The number of rotatable bonds is 6. The molecule has 0 amide bonds. The Morgan fingerprint density at radius 1 is 0.641 bits per heavy atom. The van der Waals surface area contributed by atoms with Gasteiger partial charge in [-0.2, -0.15) is 0 Å². The summed E-state index contributed by atoms with van der Waals surface area (Å²) in [6, 6.07) is 11.9. The third kappa shape index (κ3) is 5.75. The number of nitrogens with zero attached hydrogens (tertiary/aromatic N) is 2. The van der Waals surface area contributed by atoms with Crippen LogP contribution in [0.15, 0.2) is 36.4 Å². The Bertz CT molecular complexity index is 1730. The van der Waals surface area contributed by atoms with Crippen LogP contribution in [0, 0.1) is 13.8 Å². The zero-order valence-electron chi connectivity index (χ0n) is 22.1. The molecule has 2 aliphatic heterocycles. The van der Waals surface area contributed by atoms with Crippen molar-refractivity contribution in [1.29, 1.82) is 0 Å². The minimum atomic E-state index is -1.13. The Labute approximate surface area is 236 Å². The molecule has 0 spiro atoms. The van der Waals surface area contributed by atoms with Crippen molar-refractivity contribution in [2.75, 3.05) is 0 Å². The van der Waals surface area contributed by atoms with Gasteiger partial charge in [0.25, 0.3) is 0 Å². The minimum absolute atomic E-state index is 0. The number of aryl methyl sites for hydroxylation is 2. The van der Waals surface area contributed by atoms with E-state index in [1.807, 2.05) is 45.9 Å². The molecule has 0 fully saturated rings. The molecule has 39 heavy (non-hydrogen) atoms. The third-order valence-electron chi connectivity index (χ3n) is 7.23. The second-order valence-corrected chi connectivity index (χ2v) is 9.94. The van der Waals surface area contributed by atoms with E-state index in [0.29, 0.717) is 11.4 Å². The molecule has 1 radical (unpaired) electrons. The first-order valence-electron chi connectivity index (χ1n) is 12.6. The second kappa shape index (κ2) is 11.0. The van der Waals surface area contributed by atoms with Crippen LogP contribution in [0.1, 0.15) is 73.4 Å². The Kier molecular flexibility index (Phi) is 7.95. The molecule has 0 unspecified atom stereocenters. The topological polar surface area (TPSA) is 138 Å². The summed E-state index contributed by atoms with van der Waals surface area (Å²) < 4.78 is 0. The summed E-state index contributed by atoms with van der Waals surface area (Å²) in [4.78, 5) is 39.2. The van der Waals surface area contributed by atoms with E-state index >= 15 is 0 Å². The number of carboxylic acids is 2. The average molecular weight is 572 g/mol. The standard InChI is InChI=1S/C30H30N4O4.Cu/c1-15-9-20-12-25-17(3)21(5-7-29(35)36)27(33-25)14-28-22(6-8-30(37)38)18(4)26(34-28)13-24-16(2)10-19(32-24)11-23(15)31-20;/h9-14,31-32H,5-8H2,1-4H3,(H,35,36)(H,37,38);/q;+2/p-2. The van der Waals surface area contributed by atoms with Crippen LogP contribution in [0.5, 0.6) is 0 Å². The third-order valence-corrected chi connectivity index (χ3v) is 7.23. The predicted octanol–water partition coefficient (Wildman–Crippen LogP) is 3.85. The molecule has 0 aromatic carbocycles. The molecule has 8 nitrogen and oxygen atoms in total. The fourth-order valence-corrected chi connectivity index (χ4v) is 5.09. The number of allylic oxidation sites excluding steroid dienone is 4. The van der Waals surface area contributed by atoms with Crippen molar-refractivity contribution in [1.82, 2.24) is 19.9 Å². The maximum Gasteiger partial charge on any atom is 2.00 e. The predicted molar refractivity (Wildman–Crippen MR) is 144 cm³/mol. The Hall–Kier alpha value is -3.94. The number of aromatic nitrogens is 4. The molecular weight excluding hydrogens is 544 g/mol. The SMILES string of the molecule is CC1=C(CCC(=O)[O-])c2cc3nc(cc4[nH]c(cc4C)cc4[nH]c(cc1n2)cc4C)C(C)=C3CCC(=O)[O-].[Cu+2]. The summed E-state index contributed by atoms with van der Waals surface area (Å²) in [5.74, 6) is -2.26. The molecule has 9 heteroatoms. The van der Waals surface area contributed by atoms with E-state index < -0.39 is 11.9 Å². The van der Waals surface area contributed by atoms with Crippen molar-refractivity contribution < 1.29 is 36.9 Å². The van der Waals surface area contributed by atoms with Gasteiger partial charge in [-0.3, -0.25) is 0 Å². The van der Waals surface area contributed by atoms with E-state index in [1.165, 1.54) is 0 Å². The Morgan fingerprint density at radius 3 is 1.56 bits per heavy atom. The number of hydrogen-bond donors (Lipinski definition) is 2. The van der Waals surface area contributed by atoms with Crippen LogP contribution in [0.4, 0.5) is 0 Å². The van der Waals surface area contributed by atoms with Crippen molar-refractivity contribution in [2.45, 2.75) is 53.4 Å². The molecule has 3 aromatic heterocycles. The smallest absolute Gasteiger partial charge is 0.550 e. The number of hydrogen-bond acceptors (Lipinski definition) is 6. The molecule has 8 bridgehead atoms. The molecule has 0 saturated carbocycles. The van der Waals surface area contributed by atoms with Crippen LogP contribution < -0.4 is 10.2 Å². The van der Waals surface area contributed by atoms with Crippen molar-refractivity contribution in [3.05, 3.63) is 70.3 Å². The number of carboxylic acid groups (broad SMARTS) is 2. The molecule has 5 heterocycles. The van der Waals surface area contributed by atoms with Gasteiger partial charge in [0.05, 0.1) is 22.8 Å². The van der Waals surface area contributed by atoms with Gasteiger partial charge in [-0.25, -0.2) is 9.97 Å². The summed E-state index contributed by atoms with van der Waals surface area (Å²) in [5.41, 5.74) is 11.9.